The van der Waals surface area contributed by atoms with Crippen LogP contribution in [0.3, 0.4) is 0 Å². The number of sulfonamides is 1. The third kappa shape index (κ3) is 3.55. The van der Waals surface area contributed by atoms with Crippen molar-refractivity contribution in [2.45, 2.75) is 31.8 Å². The number of benzene rings is 1. The van der Waals surface area contributed by atoms with Gasteiger partial charge in [0.2, 0.25) is 10.0 Å². The average Bonchev–Trinajstić information content (AvgIpc) is 2.73. The van der Waals surface area contributed by atoms with Crippen molar-refractivity contribution >= 4 is 26.0 Å². The molecule has 0 spiro atoms. The molecule has 0 atom stereocenters. The van der Waals surface area contributed by atoms with Crippen molar-refractivity contribution in [2.24, 2.45) is 5.73 Å². The van der Waals surface area contributed by atoms with E-state index in [1.807, 2.05) is 24.3 Å². The van der Waals surface area contributed by atoms with Gasteiger partial charge in [-0.15, -0.1) is 0 Å². The second kappa shape index (κ2) is 6.31. The van der Waals surface area contributed by atoms with E-state index in [9.17, 15) is 8.42 Å². The molecule has 21 heavy (non-hydrogen) atoms. The third-order valence-corrected chi connectivity index (χ3v) is 5.30. The fourth-order valence-corrected chi connectivity index (χ4v) is 3.89. The zero-order valence-corrected chi connectivity index (χ0v) is 14.2. The topological polar surface area (TPSA) is 85.3 Å². The van der Waals surface area contributed by atoms with Gasteiger partial charge in [-0.1, -0.05) is 28.1 Å². The predicted molar refractivity (Wildman–Crippen MR) is 84.2 cm³/mol. The molecule has 2 rings (SSSR count). The van der Waals surface area contributed by atoms with Crippen LogP contribution in [0.4, 0.5) is 0 Å². The number of hydrogen-bond acceptors (Lipinski definition) is 4. The lowest BCUT2D eigenvalue weighted by Crippen LogP contribution is -2.25. The summed E-state index contributed by atoms with van der Waals surface area (Å²) in [6, 6.07) is 7.43. The minimum Gasteiger partial charge on any atom is -0.465 e. The summed E-state index contributed by atoms with van der Waals surface area (Å²) in [6.45, 7) is 3.67. The first kappa shape index (κ1) is 16.2. The lowest BCUT2D eigenvalue weighted by Gasteiger charge is -2.08. The highest BCUT2D eigenvalue weighted by molar-refractivity contribution is 9.10. The lowest BCUT2D eigenvalue weighted by atomic mass is 10.2. The van der Waals surface area contributed by atoms with Crippen molar-refractivity contribution in [3.8, 4) is 0 Å². The molecule has 0 bridgehead atoms. The van der Waals surface area contributed by atoms with Gasteiger partial charge in [0, 0.05) is 23.1 Å². The van der Waals surface area contributed by atoms with Crippen molar-refractivity contribution in [1.29, 1.82) is 0 Å². The van der Waals surface area contributed by atoms with Crippen molar-refractivity contribution in [2.75, 3.05) is 0 Å². The fourth-order valence-electron chi connectivity index (χ4n) is 2.15. The molecule has 7 heteroatoms. The molecular weight excluding hydrogens is 356 g/mol. The second-order valence-electron chi connectivity index (χ2n) is 4.68. The standard InChI is InChI=1S/C14H17BrN2O3S/c1-9-13(7-16)14(10(2)20-9)21(18,19)17-8-11-3-5-12(15)6-4-11/h3-6,17H,7-8,16H2,1-2H3. The molecule has 1 aromatic carbocycles. The Labute approximate surface area is 132 Å². The monoisotopic (exact) mass is 372 g/mol. The molecule has 0 fully saturated rings. The molecule has 0 aliphatic carbocycles. The molecule has 0 unspecified atom stereocenters. The molecule has 0 radical (unpaired) electrons. The van der Waals surface area contributed by atoms with Crippen molar-refractivity contribution < 1.29 is 12.8 Å². The van der Waals surface area contributed by atoms with Crippen LogP contribution in [-0.2, 0) is 23.1 Å². The van der Waals surface area contributed by atoms with Crippen LogP contribution in [-0.4, -0.2) is 8.42 Å². The Bertz CT molecular complexity index is 736. The van der Waals surface area contributed by atoms with Crippen molar-refractivity contribution in [3.05, 3.63) is 51.4 Å². The molecule has 0 saturated carbocycles. The van der Waals surface area contributed by atoms with Crippen LogP contribution in [0.25, 0.3) is 0 Å². The number of hydrogen-bond donors (Lipinski definition) is 2. The summed E-state index contributed by atoms with van der Waals surface area (Å²) in [6.07, 6.45) is 0. The Balaban J connectivity index is 2.25. The summed E-state index contributed by atoms with van der Waals surface area (Å²) >= 11 is 3.34. The van der Waals surface area contributed by atoms with E-state index in [-0.39, 0.29) is 18.0 Å². The van der Waals surface area contributed by atoms with Crippen LogP contribution in [0.1, 0.15) is 22.6 Å². The number of furan rings is 1. The largest absolute Gasteiger partial charge is 0.465 e. The van der Waals surface area contributed by atoms with E-state index in [4.69, 9.17) is 10.2 Å². The Morgan fingerprint density at radius 3 is 2.38 bits per heavy atom. The van der Waals surface area contributed by atoms with Crippen molar-refractivity contribution in [3.63, 3.8) is 0 Å². The van der Waals surface area contributed by atoms with Gasteiger partial charge in [0.05, 0.1) is 0 Å². The smallest absolute Gasteiger partial charge is 0.244 e. The summed E-state index contributed by atoms with van der Waals surface area (Å²) in [4.78, 5) is 0.152. The minimum absolute atomic E-state index is 0.123. The first-order chi connectivity index (χ1) is 9.85. The van der Waals surface area contributed by atoms with E-state index in [0.717, 1.165) is 10.0 Å². The summed E-state index contributed by atoms with van der Waals surface area (Å²) in [5.41, 5.74) is 7.02. The molecule has 3 N–H and O–H groups in total. The van der Waals surface area contributed by atoms with Crippen LogP contribution in [0.2, 0.25) is 0 Å². The van der Waals surface area contributed by atoms with E-state index in [0.29, 0.717) is 17.1 Å². The lowest BCUT2D eigenvalue weighted by molar-refractivity contribution is 0.494. The number of aryl methyl sites for hydroxylation is 2. The van der Waals surface area contributed by atoms with Gasteiger partial charge >= 0.3 is 0 Å². The number of nitrogens with two attached hydrogens (primary N) is 1. The third-order valence-electron chi connectivity index (χ3n) is 3.18. The SMILES string of the molecule is Cc1oc(C)c(S(=O)(=O)NCc2ccc(Br)cc2)c1CN. The van der Waals surface area contributed by atoms with Gasteiger partial charge in [-0.25, -0.2) is 13.1 Å². The maximum atomic E-state index is 12.5. The highest BCUT2D eigenvalue weighted by Crippen LogP contribution is 2.26. The van der Waals surface area contributed by atoms with Crippen LogP contribution in [0, 0.1) is 13.8 Å². The normalized spacial score (nSPS) is 11.8. The van der Waals surface area contributed by atoms with E-state index in [1.54, 1.807) is 13.8 Å². The summed E-state index contributed by atoms with van der Waals surface area (Å²) in [5, 5.41) is 0. The van der Waals surface area contributed by atoms with E-state index in [2.05, 4.69) is 20.7 Å². The first-order valence-corrected chi connectivity index (χ1v) is 8.66. The Kier molecular flexibility index (Phi) is 4.88. The second-order valence-corrected chi connectivity index (χ2v) is 7.30. The number of rotatable bonds is 5. The maximum Gasteiger partial charge on any atom is 0.244 e. The zero-order chi connectivity index (χ0) is 15.6. The van der Waals surface area contributed by atoms with E-state index >= 15 is 0 Å². The number of halogens is 1. The highest BCUT2D eigenvalue weighted by Gasteiger charge is 2.25. The summed E-state index contributed by atoms with van der Waals surface area (Å²) < 4.78 is 33.8. The Hall–Kier alpha value is -1.15. The predicted octanol–water partition coefficient (Wildman–Crippen LogP) is 2.60. The fraction of sp³-hybridized carbons (Fsp3) is 0.286. The quantitative estimate of drug-likeness (QED) is 0.844. The van der Waals surface area contributed by atoms with E-state index in [1.165, 1.54) is 0 Å². The molecule has 1 heterocycles. The van der Waals surface area contributed by atoms with Crippen molar-refractivity contribution in [1.82, 2.24) is 4.72 Å². The van der Waals surface area contributed by atoms with Gasteiger partial charge in [0.1, 0.15) is 16.4 Å². The molecular formula is C14H17BrN2O3S. The summed E-state index contributed by atoms with van der Waals surface area (Å²) in [7, 11) is -3.66. The van der Waals surface area contributed by atoms with Gasteiger partial charge in [-0.05, 0) is 31.5 Å². The molecule has 2 aromatic rings. The highest BCUT2D eigenvalue weighted by atomic mass is 79.9. The Morgan fingerprint density at radius 1 is 1.19 bits per heavy atom. The first-order valence-electron chi connectivity index (χ1n) is 6.38. The van der Waals surface area contributed by atoms with Crippen LogP contribution >= 0.6 is 15.9 Å². The molecule has 0 aliphatic rings. The molecule has 0 aliphatic heterocycles. The average molecular weight is 373 g/mol. The molecule has 0 saturated heterocycles. The van der Waals surface area contributed by atoms with Crippen LogP contribution in [0.5, 0.6) is 0 Å². The van der Waals surface area contributed by atoms with E-state index < -0.39 is 10.0 Å². The van der Waals surface area contributed by atoms with Gasteiger partial charge in [0.15, 0.2) is 0 Å². The molecule has 114 valence electrons. The Morgan fingerprint density at radius 2 is 1.81 bits per heavy atom. The minimum atomic E-state index is -3.66. The van der Waals surface area contributed by atoms with Gasteiger partial charge in [-0.3, -0.25) is 0 Å². The summed E-state index contributed by atoms with van der Waals surface area (Å²) in [5.74, 6) is 0.898. The van der Waals surface area contributed by atoms with Gasteiger partial charge in [0.25, 0.3) is 0 Å². The van der Waals surface area contributed by atoms with Crippen LogP contribution < -0.4 is 10.5 Å². The molecule has 0 amide bonds. The molecule has 5 nitrogen and oxygen atoms in total. The molecule has 1 aromatic heterocycles. The van der Waals surface area contributed by atoms with Crippen LogP contribution in [0.15, 0.2) is 38.1 Å². The maximum absolute atomic E-state index is 12.5. The number of nitrogens with one attached hydrogen (secondary N) is 1. The zero-order valence-electron chi connectivity index (χ0n) is 11.8. The van der Waals surface area contributed by atoms with Gasteiger partial charge < -0.3 is 10.2 Å². The van der Waals surface area contributed by atoms with Gasteiger partial charge in [-0.2, -0.15) is 0 Å².